The molecule has 2 aromatic carbocycles. The monoisotopic (exact) mass is 300 g/mol. The Balaban J connectivity index is 1.74. The van der Waals surface area contributed by atoms with Crippen LogP contribution in [0.5, 0.6) is 11.5 Å². The maximum atomic E-state index is 9.78. The number of rotatable bonds is 4. The molecule has 0 radical (unpaired) electrons. The van der Waals surface area contributed by atoms with Gasteiger partial charge >= 0.3 is 0 Å². The molecule has 1 saturated heterocycles. The average molecular weight is 300 g/mol. The number of benzene rings is 2. The van der Waals surface area contributed by atoms with Crippen LogP contribution < -0.4 is 0 Å². The first kappa shape index (κ1) is 14.9. The summed E-state index contributed by atoms with van der Waals surface area (Å²) in [5.41, 5.74) is 2.10. The van der Waals surface area contributed by atoms with Crippen LogP contribution in [0.25, 0.3) is 0 Å². The minimum Gasteiger partial charge on any atom is -0.508 e. The van der Waals surface area contributed by atoms with E-state index in [0.717, 1.165) is 17.5 Å². The maximum Gasteiger partial charge on any atom is 0.115 e. The third-order valence-corrected chi connectivity index (χ3v) is 4.35. The molecule has 0 amide bonds. The van der Waals surface area contributed by atoms with Gasteiger partial charge in [-0.2, -0.15) is 0 Å². The summed E-state index contributed by atoms with van der Waals surface area (Å²) in [5.74, 6) is 0.738. The second kappa shape index (κ2) is 6.38. The Morgan fingerprint density at radius 1 is 0.909 bits per heavy atom. The lowest BCUT2D eigenvalue weighted by atomic mass is 9.84. The van der Waals surface area contributed by atoms with E-state index in [1.54, 1.807) is 24.3 Å². The molecule has 116 valence electrons. The minimum absolute atomic E-state index is 0.0262. The van der Waals surface area contributed by atoms with Crippen molar-refractivity contribution in [2.75, 3.05) is 13.2 Å². The Morgan fingerprint density at radius 3 is 2.09 bits per heavy atom. The number of hydrogen-bond acceptors (Lipinski definition) is 4. The van der Waals surface area contributed by atoms with Crippen molar-refractivity contribution in [3.63, 3.8) is 0 Å². The zero-order chi connectivity index (χ0) is 15.5. The number of phenolic OH excluding ortho intramolecular Hbond substituents is 2. The molecule has 3 atom stereocenters. The van der Waals surface area contributed by atoms with Gasteiger partial charge in [-0.1, -0.05) is 24.3 Å². The first-order valence-corrected chi connectivity index (χ1v) is 7.46. The van der Waals surface area contributed by atoms with E-state index in [1.165, 1.54) is 0 Å². The molecule has 3 unspecified atom stereocenters. The maximum absolute atomic E-state index is 9.78. The summed E-state index contributed by atoms with van der Waals surface area (Å²) in [5, 5.41) is 28.5. The third-order valence-electron chi connectivity index (χ3n) is 4.35. The van der Waals surface area contributed by atoms with E-state index in [2.05, 4.69) is 0 Å². The predicted molar refractivity (Wildman–Crippen MR) is 82.7 cm³/mol. The Bertz CT molecular complexity index is 606. The topological polar surface area (TPSA) is 69.9 Å². The lowest BCUT2D eigenvalue weighted by Gasteiger charge is -2.21. The average Bonchev–Trinajstić information content (AvgIpc) is 2.93. The van der Waals surface area contributed by atoms with Crippen LogP contribution in [0.15, 0.2) is 48.5 Å². The molecular formula is C18H20O4. The van der Waals surface area contributed by atoms with E-state index in [1.807, 2.05) is 24.3 Å². The zero-order valence-electron chi connectivity index (χ0n) is 12.2. The van der Waals surface area contributed by atoms with E-state index in [9.17, 15) is 15.3 Å². The van der Waals surface area contributed by atoms with Crippen molar-refractivity contribution < 1.29 is 20.1 Å². The van der Waals surface area contributed by atoms with Crippen molar-refractivity contribution in [3.8, 4) is 11.5 Å². The summed E-state index contributed by atoms with van der Waals surface area (Å²) in [6, 6.07) is 14.1. The third kappa shape index (κ3) is 3.08. The summed E-state index contributed by atoms with van der Waals surface area (Å²) in [6.07, 6.45) is 0.660. The molecule has 2 aromatic rings. The van der Waals surface area contributed by atoms with Crippen LogP contribution in [-0.4, -0.2) is 28.5 Å². The van der Waals surface area contributed by atoms with E-state index >= 15 is 0 Å². The highest BCUT2D eigenvalue weighted by Gasteiger charge is 2.37. The van der Waals surface area contributed by atoms with Gasteiger partial charge in [0.2, 0.25) is 0 Å². The molecule has 0 aromatic heterocycles. The lowest BCUT2D eigenvalue weighted by Crippen LogP contribution is -2.21. The number of aromatic hydroxyl groups is 2. The second-order valence-electron chi connectivity index (χ2n) is 5.82. The molecule has 0 saturated carbocycles. The van der Waals surface area contributed by atoms with Crippen molar-refractivity contribution >= 4 is 0 Å². The van der Waals surface area contributed by atoms with Gasteiger partial charge in [-0.3, -0.25) is 0 Å². The molecule has 0 bridgehead atoms. The van der Waals surface area contributed by atoms with Crippen molar-refractivity contribution in [1.82, 2.24) is 0 Å². The van der Waals surface area contributed by atoms with Crippen LogP contribution in [0.1, 0.15) is 17.2 Å². The number of hydrogen-bond donors (Lipinski definition) is 3. The summed E-state index contributed by atoms with van der Waals surface area (Å²) < 4.78 is 5.90. The molecule has 0 spiro atoms. The summed E-state index contributed by atoms with van der Waals surface area (Å²) in [6.45, 7) is 0.659. The zero-order valence-corrected chi connectivity index (χ0v) is 12.2. The van der Waals surface area contributed by atoms with Gasteiger partial charge in [-0.15, -0.1) is 0 Å². The Morgan fingerprint density at radius 2 is 1.50 bits per heavy atom. The normalized spacial score (nSPS) is 24.5. The van der Waals surface area contributed by atoms with Crippen LogP contribution in [0, 0.1) is 11.8 Å². The van der Waals surface area contributed by atoms with Crippen LogP contribution in [-0.2, 0) is 11.2 Å². The highest BCUT2D eigenvalue weighted by Crippen LogP contribution is 2.40. The quantitative estimate of drug-likeness (QED) is 0.812. The molecule has 3 rings (SSSR count). The van der Waals surface area contributed by atoms with Crippen molar-refractivity contribution in [2.45, 2.75) is 12.5 Å². The molecule has 3 N–H and O–H groups in total. The van der Waals surface area contributed by atoms with E-state index in [0.29, 0.717) is 6.61 Å². The lowest BCUT2D eigenvalue weighted by molar-refractivity contribution is 0.0719. The fourth-order valence-corrected chi connectivity index (χ4v) is 3.12. The number of aliphatic hydroxyl groups is 1. The van der Waals surface area contributed by atoms with Gasteiger partial charge in [0.15, 0.2) is 0 Å². The molecule has 1 heterocycles. The Labute approximate surface area is 129 Å². The van der Waals surface area contributed by atoms with Gasteiger partial charge in [0.1, 0.15) is 11.5 Å². The fourth-order valence-electron chi connectivity index (χ4n) is 3.12. The largest absolute Gasteiger partial charge is 0.508 e. The number of phenols is 2. The Hall–Kier alpha value is -2.04. The van der Waals surface area contributed by atoms with E-state index in [-0.39, 0.29) is 36.0 Å². The van der Waals surface area contributed by atoms with Crippen LogP contribution in [0.2, 0.25) is 0 Å². The van der Waals surface area contributed by atoms with Gasteiger partial charge in [0.05, 0.1) is 12.7 Å². The summed E-state index contributed by atoms with van der Waals surface area (Å²) >= 11 is 0. The first-order valence-electron chi connectivity index (χ1n) is 7.46. The van der Waals surface area contributed by atoms with Gasteiger partial charge < -0.3 is 20.1 Å². The molecule has 1 fully saturated rings. The molecule has 4 heteroatoms. The first-order chi connectivity index (χ1) is 10.7. The van der Waals surface area contributed by atoms with Gasteiger partial charge in [-0.25, -0.2) is 0 Å². The summed E-state index contributed by atoms with van der Waals surface area (Å²) in [4.78, 5) is 0. The van der Waals surface area contributed by atoms with Crippen molar-refractivity contribution in [3.05, 3.63) is 59.7 Å². The number of ether oxygens (including phenoxy) is 1. The second-order valence-corrected chi connectivity index (χ2v) is 5.82. The van der Waals surface area contributed by atoms with Gasteiger partial charge in [-0.05, 0) is 47.7 Å². The molecule has 22 heavy (non-hydrogen) atoms. The molecule has 1 aliphatic heterocycles. The van der Waals surface area contributed by atoms with Crippen LogP contribution in [0.4, 0.5) is 0 Å². The molecule has 4 nitrogen and oxygen atoms in total. The van der Waals surface area contributed by atoms with Crippen LogP contribution >= 0.6 is 0 Å². The van der Waals surface area contributed by atoms with E-state index in [4.69, 9.17) is 4.74 Å². The van der Waals surface area contributed by atoms with Gasteiger partial charge in [0, 0.05) is 12.5 Å². The SMILES string of the molecule is OCC1C(Cc2ccc(O)cc2)COC1c1ccc(O)cc1. The van der Waals surface area contributed by atoms with Crippen molar-refractivity contribution in [1.29, 1.82) is 0 Å². The van der Waals surface area contributed by atoms with Gasteiger partial charge in [0.25, 0.3) is 0 Å². The van der Waals surface area contributed by atoms with Crippen molar-refractivity contribution in [2.24, 2.45) is 11.8 Å². The Kier molecular flexibility index (Phi) is 4.32. The molecule has 0 aliphatic carbocycles. The standard InChI is InChI=1S/C18H20O4/c19-10-17-14(9-12-1-5-15(20)6-2-12)11-22-18(17)13-3-7-16(21)8-4-13/h1-8,14,17-21H,9-11H2. The van der Waals surface area contributed by atoms with E-state index < -0.39 is 0 Å². The smallest absolute Gasteiger partial charge is 0.115 e. The fraction of sp³-hybridized carbons (Fsp3) is 0.333. The number of aliphatic hydroxyl groups excluding tert-OH is 1. The van der Waals surface area contributed by atoms with Crippen LogP contribution in [0.3, 0.4) is 0 Å². The molecular weight excluding hydrogens is 280 g/mol. The molecule has 1 aliphatic rings. The minimum atomic E-state index is -0.146. The highest BCUT2D eigenvalue weighted by atomic mass is 16.5. The summed E-state index contributed by atoms with van der Waals surface area (Å²) in [7, 11) is 0. The highest BCUT2D eigenvalue weighted by molar-refractivity contribution is 5.29. The predicted octanol–water partition coefficient (Wildman–Crippen LogP) is 2.64.